The molecule has 0 aliphatic heterocycles. The molecule has 0 aliphatic carbocycles. The fourth-order valence-electron chi connectivity index (χ4n) is 3.26. The number of pyridine rings is 2. The van der Waals surface area contributed by atoms with Crippen molar-refractivity contribution < 1.29 is 9.90 Å². The van der Waals surface area contributed by atoms with Crippen molar-refractivity contribution in [3.05, 3.63) is 59.9 Å². The van der Waals surface area contributed by atoms with Gasteiger partial charge in [-0.3, -0.25) is 4.98 Å². The number of hydrogen-bond donors (Lipinski definition) is 0. The largest absolute Gasteiger partial charge is 0.437 e. The summed E-state index contributed by atoms with van der Waals surface area (Å²) in [5.41, 5.74) is 3.31. The SMILES string of the molecule is [2H]C([2H])(c1ccnc(-c2cccc3c2oc2nc(C([2H])([2H])C(C)C)ccc23)c1)C(C)C. The molecule has 138 valence electrons. The Morgan fingerprint density at radius 3 is 2.56 bits per heavy atom. The molecule has 4 rings (SSSR count). The first-order valence-electron chi connectivity index (χ1n) is 11.3. The van der Waals surface area contributed by atoms with Gasteiger partial charge in [-0.15, -0.1) is 0 Å². The number of rotatable bonds is 5. The number of para-hydroxylation sites is 1. The number of benzene rings is 1. The molecule has 0 unspecified atom stereocenters. The van der Waals surface area contributed by atoms with Crippen LogP contribution >= 0.6 is 0 Å². The molecule has 0 radical (unpaired) electrons. The molecule has 0 spiro atoms. The lowest BCUT2D eigenvalue weighted by Gasteiger charge is -2.07. The molecule has 3 nitrogen and oxygen atoms in total. The highest BCUT2D eigenvalue weighted by Crippen LogP contribution is 2.34. The van der Waals surface area contributed by atoms with E-state index in [2.05, 4.69) is 9.97 Å². The van der Waals surface area contributed by atoms with E-state index in [-0.39, 0.29) is 11.8 Å². The van der Waals surface area contributed by atoms with Crippen molar-refractivity contribution in [3.8, 4) is 11.3 Å². The second-order valence-corrected chi connectivity index (χ2v) is 7.36. The van der Waals surface area contributed by atoms with E-state index in [0.717, 1.165) is 16.3 Å². The van der Waals surface area contributed by atoms with E-state index in [4.69, 9.17) is 9.90 Å². The van der Waals surface area contributed by atoms with E-state index in [1.807, 2.05) is 52.0 Å². The van der Waals surface area contributed by atoms with E-state index in [9.17, 15) is 0 Å². The van der Waals surface area contributed by atoms with Crippen LogP contribution < -0.4 is 0 Å². The van der Waals surface area contributed by atoms with Crippen molar-refractivity contribution in [2.45, 2.75) is 40.4 Å². The van der Waals surface area contributed by atoms with Gasteiger partial charge in [0.05, 0.1) is 5.69 Å². The molecule has 4 aromatic rings. The van der Waals surface area contributed by atoms with Crippen LogP contribution in [0.15, 0.2) is 53.1 Å². The summed E-state index contributed by atoms with van der Waals surface area (Å²) in [6.07, 6.45) is -1.41. The first-order valence-corrected chi connectivity index (χ1v) is 9.33. The van der Waals surface area contributed by atoms with Gasteiger partial charge in [0, 0.05) is 33.7 Å². The number of hydrogen-bond acceptors (Lipinski definition) is 3. The summed E-state index contributed by atoms with van der Waals surface area (Å²) in [7, 11) is 0. The van der Waals surface area contributed by atoms with Crippen molar-refractivity contribution in [1.29, 1.82) is 0 Å². The van der Waals surface area contributed by atoms with Crippen molar-refractivity contribution in [1.82, 2.24) is 9.97 Å². The molecular weight excluding hydrogens is 332 g/mol. The van der Waals surface area contributed by atoms with E-state index >= 15 is 0 Å². The van der Waals surface area contributed by atoms with Crippen molar-refractivity contribution >= 4 is 22.1 Å². The van der Waals surface area contributed by atoms with Gasteiger partial charge in [-0.2, -0.15) is 0 Å². The minimum absolute atomic E-state index is 0.177. The average Bonchev–Trinajstić information content (AvgIpc) is 3.11. The topological polar surface area (TPSA) is 38.9 Å². The van der Waals surface area contributed by atoms with Crippen LogP contribution in [-0.2, 0) is 12.7 Å². The fourth-order valence-corrected chi connectivity index (χ4v) is 3.26. The molecule has 27 heavy (non-hydrogen) atoms. The van der Waals surface area contributed by atoms with Gasteiger partial charge < -0.3 is 4.42 Å². The highest BCUT2D eigenvalue weighted by molar-refractivity contribution is 6.08. The average molecular weight is 363 g/mol. The fraction of sp³-hybridized carbons (Fsp3) is 0.333. The van der Waals surface area contributed by atoms with Crippen LogP contribution in [0.2, 0.25) is 0 Å². The summed E-state index contributed by atoms with van der Waals surface area (Å²) >= 11 is 0. The molecule has 0 N–H and O–H groups in total. The lowest BCUT2D eigenvalue weighted by atomic mass is 10.0. The van der Waals surface area contributed by atoms with Crippen LogP contribution in [0.25, 0.3) is 33.3 Å². The van der Waals surface area contributed by atoms with Crippen LogP contribution in [0.3, 0.4) is 0 Å². The Bertz CT molecular complexity index is 1260. The standard InChI is InChI=1S/C24H26N2O/c1-15(2)12-17-10-11-25-22(14-17)21-7-5-6-19-20-9-8-18(13-16(3)4)26-24(20)27-23(19)21/h5-11,14-16H,12-13H2,1-4H3/i12D2,13D2. The number of nitrogens with zero attached hydrogens (tertiary/aromatic N) is 2. The maximum absolute atomic E-state index is 8.42. The Kier molecular flexibility index (Phi) is 3.57. The van der Waals surface area contributed by atoms with Gasteiger partial charge in [-0.25, -0.2) is 4.98 Å². The maximum atomic E-state index is 8.42. The molecule has 0 bridgehead atoms. The van der Waals surface area contributed by atoms with Gasteiger partial charge in [0.1, 0.15) is 5.58 Å². The van der Waals surface area contributed by atoms with Gasteiger partial charge >= 0.3 is 0 Å². The molecule has 3 heteroatoms. The van der Waals surface area contributed by atoms with Crippen LogP contribution in [0, 0.1) is 11.8 Å². The molecule has 3 heterocycles. The van der Waals surface area contributed by atoms with Crippen molar-refractivity contribution in [2.75, 3.05) is 0 Å². The second kappa shape index (κ2) is 7.15. The predicted octanol–water partition coefficient (Wildman–Crippen LogP) is 6.44. The molecule has 0 amide bonds. The Hall–Kier alpha value is -2.68. The normalized spacial score (nSPS) is 15.2. The van der Waals surface area contributed by atoms with Gasteiger partial charge in [0.25, 0.3) is 0 Å². The van der Waals surface area contributed by atoms with E-state index < -0.39 is 12.7 Å². The van der Waals surface area contributed by atoms with Gasteiger partial charge in [0.2, 0.25) is 5.71 Å². The third-order valence-electron chi connectivity index (χ3n) is 4.29. The Morgan fingerprint density at radius 2 is 1.78 bits per heavy atom. The highest BCUT2D eigenvalue weighted by atomic mass is 16.3. The van der Waals surface area contributed by atoms with Crippen LogP contribution in [0.4, 0.5) is 0 Å². The zero-order valence-electron chi connectivity index (χ0n) is 20.1. The summed E-state index contributed by atoms with van der Waals surface area (Å²) in [5, 5.41) is 1.68. The molecule has 3 aromatic heterocycles. The summed E-state index contributed by atoms with van der Waals surface area (Å²) in [4.78, 5) is 8.97. The Labute approximate surface area is 166 Å². The third kappa shape index (κ3) is 3.59. The summed E-state index contributed by atoms with van der Waals surface area (Å²) < 4.78 is 39.6. The molecule has 0 saturated carbocycles. The molecule has 0 atom stereocenters. The van der Waals surface area contributed by atoms with Gasteiger partial charge in [-0.1, -0.05) is 39.8 Å². The van der Waals surface area contributed by atoms with Crippen molar-refractivity contribution in [3.63, 3.8) is 0 Å². The summed E-state index contributed by atoms with van der Waals surface area (Å²) in [6, 6.07) is 12.8. The first-order chi connectivity index (χ1) is 14.5. The minimum atomic E-state index is -1.56. The van der Waals surface area contributed by atoms with Crippen LogP contribution in [0.1, 0.15) is 44.4 Å². The second-order valence-electron chi connectivity index (χ2n) is 7.36. The summed E-state index contributed by atoms with van der Waals surface area (Å²) in [5.74, 6) is -0.399. The maximum Gasteiger partial charge on any atom is 0.227 e. The van der Waals surface area contributed by atoms with Crippen LogP contribution in [-0.4, -0.2) is 9.97 Å². The number of fused-ring (bicyclic) bond motifs is 3. The molecule has 0 saturated heterocycles. The van der Waals surface area contributed by atoms with E-state index in [1.165, 1.54) is 0 Å². The third-order valence-corrected chi connectivity index (χ3v) is 4.29. The van der Waals surface area contributed by atoms with Crippen molar-refractivity contribution in [2.24, 2.45) is 11.8 Å². The van der Waals surface area contributed by atoms with E-state index in [1.54, 1.807) is 24.4 Å². The lowest BCUT2D eigenvalue weighted by molar-refractivity contribution is 0.621. The lowest BCUT2D eigenvalue weighted by Crippen LogP contribution is -1.96. The molecule has 0 aliphatic rings. The quantitative estimate of drug-likeness (QED) is 0.410. The highest BCUT2D eigenvalue weighted by Gasteiger charge is 2.15. The molecule has 0 fully saturated rings. The van der Waals surface area contributed by atoms with Gasteiger partial charge in [0.15, 0.2) is 0 Å². The van der Waals surface area contributed by atoms with Crippen LogP contribution in [0.5, 0.6) is 0 Å². The smallest absolute Gasteiger partial charge is 0.227 e. The molecular formula is C24H26N2O. The van der Waals surface area contributed by atoms with E-state index in [0.29, 0.717) is 28.2 Å². The monoisotopic (exact) mass is 362 g/mol. The minimum Gasteiger partial charge on any atom is -0.437 e. The Morgan fingerprint density at radius 1 is 0.963 bits per heavy atom. The number of furan rings is 1. The predicted molar refractivity (Wildman–Crippen MR) is 112 cm³/mol. The zero-order chi connectivity index (χ0) is 22.6. The first kappa shape index (κ1) is 13.5. The molecule has 1 aromatic carbocycles. The van der Waals surface area contributed by atoms with Gasteiger partial charge in [-0.05, 0) is 60.5 Å². The summed E-state index contributed by atoms with van der Waals surface area (Å²) in [6.45, 7) is 7.38. The Balaban J connectivity index is 1.89. The number of aromatic nitrogens is 2. The zero-order valence-corrected chi connectivity index (χ0v) is 16.1.